The van der Waals surface area contributed by atoms with Crippen molar-refractivity contribution in [2.75, 3.05) is 43.4 Å². The molecule has 2 heterocycles. The fourth-order valence-electron chi connectivity index (χ4n) is 4.19. The first-order chi connectivity index (χ1) is 12.2. The molecule has 2 aliphatic heterocycles. The molecular formula is C19H29N2O3S2+. The first-order valence-electron chi connectivity index (χ1n) is 9.28. The summed E-state index contributed by atoms with van der Waals surface area (Å²) in [5.41, 5.74) is 3.72. The quantitative estimate of drug-likeness (QED) is 0.757. The van der Waals surface area contributed by atoms with Crippen LogP contribution in [-0.2, 0) is 14.6 Å². The van der Waals surface area contributed by atoms with Crippen molar-refractivity contribution in [2.24, 2.45) is 0 Å². The summed E-state index contributed by atoms with van der Waals surface area (Å²) in [5.74, 6) is 1.30. The first-order valence-corrected chi connectivity index (χ1v) is 12.1. The highest BCUT2D eigenvalue weighted by molar-refractivity contribution is 8.00. The Kier molecular flexibility index (Phi) is 5.99. The van der Waals surface area contributed by atoms with Crippen LogP contribution in [0.5, 0.6) is 0 Å². The van der Waals surface area contributed by atoms with Crippen LogP contribution in [0.4, 0.5) is 0 Å². The summed E-state index contributed by atoms with van der Waals surface area (Å²) in [5, 5.41) is 0. The second-order valence-corrected chi connectivity index (χ2v) is 10.9. The maximum absolute atomic E-state index is 12.6. The zero-order valence-corrected chi connectivity index (χ0v) is 17.5. The van der Waals surface area contributed by atoms with Gasteiger partial charge in [-0.1, -0.05) is 17.7 Å². The Labute approximate surface area is 161 Å². The third-order valence-corrected chi connectivity index (χ3v) is 8.60. The molecule has 2 fully saturated rings. The third kappa shape index (κ3) is 4.61. The van der Waals surface area contributed by atoms with Crippen LogP contribution < -0.4 is 4.90 Å². The van der Waals surface area contributed by atoms with E-state index in [1.165, 1.54) is 26.5 Å². The van der Waals surface area contributed by atoms with Crippen LogP contribution in [0.2, 0.25) is 0 Å². The number of carbonyl (C=O) groups is 1. The Bertz CT molecular complexity index is 761. The maximum Gasteiger partial charge on any atom is 0.233 e. The molecule has 26 heavy (non-hydrogen) atoms. The van der Waals surface area contributed by atoms with E-state index in [1.807, 2.05) is 4.90 Å². The molecule has 0 radical (unpaired) electrons. The molecule has 5 nitrogen and oxygen atoms in total. The largest absolute Gasteiger partial charge is 0.331 e. The lowest BCUT2D eigenvalue weighted by atomic mass is 10.1. The summed E-state index contributed by atoms with van der Waals surface area (Å²) < 4.78 is 23.3. The van der Waals surface area contributed by atoms with E-state index >= 15 is 0 Å². The lowest BCUT2D eigenvalue weighted by Crippen LogP contribution is -3.18. The first kappa shape index (κ1) is 19.7. The summed E-state index contributed by atoms with van der Waals surface area (Å²) in [6.07, 6.45) is 0.771. The number of amides is 1. The Hall–Kier alpha value is -1.05. The van der Waals surface area contributed by atoms with Gasteiger partial charge in [-0.3, -0.25) is 4.79 Å². The molecule has 7 heteroatoms. The molecule has 1 atom stereocenters. The van der Waals surface area contributed by atoms with Crippen LogP contribution >= 0.6 is 11.8 Å². The zero-order valence-electron chi connectivity index (χ0n) is 15.9. The number of nitrogens with one attached hydrogen (secondary N) is 1. The Morgan fingerprint density at radius 2 is 1.81 bits per heavy atom. The van der Waals surface area contributed by atoms with Gasteiger partial charge in [-0.2, -0.15) is 0 Å². The fourth-order valence-corrected chi connectivity index (χ4v) is 7.04. The SMILES string of the molecule is Cc1cc(C)c(SCC(=O)N2CC[NH+]([C@@H]3CCS(=O)(=O)C3)CC2)c(C)c1. The van der Waals surface area contributed by atoms with E-state index < -0.39 is 9.84 Å². The lowest BCUT2D eigenvalue weighted by Gasteiger charge is -2.35. The molecule has 2 saturated heterocycles. The van der Waals surface area contributed by atoms with E-state index in [2.05, 4.69) is 32.9 Å². The molecule has 0 aliphatic carbocycles. The molecule has 0 saturated carbocycles. The predicted molar refractivity (Wildman–Crippen MR) is 106 cm³/mol. The number of thioether (sulfide) groups is 1. The number of sulfone groups is 1. The summed E-state index contributed by atoms with van der Waals surface area (Å²) >= 11 is 1.63. The summed E-state index contributed by atoms with van der Waals surface area (Å²) in [6, 6.07) is 4.55. The van der Waals surface area contributed by atoms with Crippen LogP contribution in [0.3, 0.4) is 0 Å². The molecule has 1 aromatic carbocycles. The molecule has 0 unspecified atom stereocenters. The van der Waals surface area contributed by atoms with Crippen LogP contribution in [0.1, 0.15) is 23.1 Å². The zero-order chi connectivity index (χ0) is 18.9. The number of nitrogens with zero attached hydrogens (tertiary/aromatic N) is 1. The van der Waals surface area contributed by atoms with Crippen molar-refractivity contribution in [1.29, 1.82) is 0 Å². The van der Waals surface area contributed by atoms with Crippen LogP contribution in [-0.4, -0.2) is 68.7 Å². The van der Waals surface area contributed by atoms with Gasteiger partial charge >= 0.3 is 0 Å². The van der Waals surface area contributed by atoms with Gasteiger partial charge in [0.1, 0.15) is 11.8 Å². The number of rotatable bonds is 4. The molecule has 1 amide bonds. The minimum Gasteiger partial charge on any atom is -0.331 e. The highest BCUT2D eigenvalue weighted by atomic mass is 32.2. The molecule has 1 N–H and O–H groups in total. The number of benzene rings is 1. The highest BCUT2D eigenvalue weighted by Gasteiger charge is 2.37. The number of aryl methyl sites for hydroxylation is 3. The molecule has 0 aromatic heterocycles. The van der Waals surface area contributed by atoms with Crippen molar-refractivity contribution >= 4 is 27.5 Å². The van der Waals surface area contributed by atoms with Gasteiger partial charge in [0, 0.05) is 11.3 Å². The second-order valence-electron chi connectivity index (χ2n) is 7.66. The summed E-state index contributed by atoms with van der Waals surface area (Å²) in [6.45, 7) is 9.48. The van der Waals surface area contributed by atoms with Gasteiger partial charge in [-0.15, -0.1) is 11.8 Å². The number of carbonyl (C=O) groups excluding carboxylic acids is 1. The molecule has 0 bridgehead atoms. The van der Waals surface area contributed by atoms with Crippen molar-refractivity contribution in [1.82, 2.24) is 4.90 Å². The van der Waals surface area contributed by atoms with Gasteiger partial charge in [0.25, 0.3) is 0 Å². The van der Waals surface area contributed by atoms with Crippen molar-refractivity contribution in [2.45, 2.75) is 38.1 Å². The van der Waals surface area contributed by atoms with Gasteiger partial charge in [0.2, 0.25) is 5.91 Å². The van der Waals surface area contributed by atoms with Gasteiger partial charge in [0.05, 0.1) is 37.7 Å². The van der Waals surface area contributed by atoms with Crippen molar-refractivity contribution < 1.29 is 18.1 Å². The lowest BCUT2D eigenvalue weighted by molar-refractivity contribution is -0.925. The third-order valence-electron chi connectivity index (χ3n) is 5.51. The van der Waals surface area contributed by atoms with Crippen molar-refractivity contribution in [3.63, 3.8) is 0 Å². The normalized spacial score (nSPS) is 23.3. The van der Waals surface area contributed by atoms with Crippen LogP contribution in [0.25, 0.3) is 0 Å². The molecule has 144 valence electrons. The summed E-state index contributed by atoms with van der Waals surface area (Å²) in [4.78, 5) is 17.1. The van der Waals surface area contributed by atoms with Gasteiger partial charge < -0.3 is 9.80 Å². The van der Waals surface area contributed by atoms with E-state index in [9.17, 15) is 13.2 Å². The standard InChI is InChI=1S/C19H28N2O3S2/c1-14-10-15(2)19(16(3)11-14)25-12-18(22)21-7-5-20(6-8-21)17-4-9-26(23,24)13-17/h10-11,17H,4-9,12-13H2,1-3H3/p+1/t17-/m1/s1. The number of piperazine rings is 1. The molecular weight excluding hydrogens is 368 g/mol. The predicted octanol–water partition coefficient (Wildman–Crippen LogP) is 0.618. The second kappa shape index (κ2) is 7.90. The Balaban J connectivity index is 1.50. The van der Waals surface area contributed by atoms with Crippen LogP contribution in [0.15, 0.2) is 17.0 Å². The number of hydrogen-bond donors (Lipinski definition) is 1. The van der Waals surface area contributed by atoms with Crippen molar-refractivity contribution in [3.8, 4) is 0 Å². The Morgan fingerprint density at radius 1 is 1.19 bits per heavy atom. The van der Waals surface area contributed by atoms with Crippen LogP contribution in [0, 0.1) is 20.8 Å². The van der Waals surface area contributed by atoms with Gasteiger partial charge in [-0.25, -0.2) is 8.42 Å². The average Bonchev–Trinajstić information content (AvgIpc) is 2.94. The van der Waals surface area contributed by atoms with E-state index in [0.29, 0.717) is 17.3 Å². The topological polar surface area (TPSA) is 58.9 Å². The monoisotopic (exact) mass is 397 g/mol. The van der Waals surface area contributed by atoms with Gasteiger partial charge in [-0.05, 0) is 31.9 Å². The molecule has 0 spiro atoms. The van der Waals surface area contributed by atoms with E-state index in [0.717, 1.165) is 32.6 Å². The minimum atomic E-state index is -2.83. The number of quaternary nitrogens is 1. The van der Waals surface area contributed by atoms with E-state index in [-0.39, 0.29) is 11.9 Å². The summed E-state index contributed by atoms with van der Waals surface area (Å²) in [7, 11) is -2.83. The molecule has 2 aliphatic rings. The fraction of sp³-hybridized carbons (Fsp3) is 0.632. The smallest absolute Gasteiger partial charge is 0.233 e. The Morgan fingerprint density at radius 3 is 2.35 bits per heavy atom. The van der Waals surface area contributed by atoms with E-state index in [1.54, 1.807) is 11.8 Å². The average molecular weight is 398 g/mol. The molecule has 1 aromatic rings. The van der Waals surface area contributed by atoms with Gasteiger partial charge in [0.15, 0.2) is 9.84 Å². The van der Waals surface area contributed by atoms with Crippen molar-refractivity contribution in [3.05, 3.63) is 28.8 Å². The minimum absolute atomic E-state index is 0.187. The maximum atomic E-state index is 12.6. The number of hydrogen-bond acceptors (Lipinski definition) is 4. The highest BCUT2D eigenvalue weighted by Crippen LogP contribution is 2.27. The van der Waals surface area contributed by atoms with E-state index in [4.69, 9.17) is 0 Å². The molecule has 3 rings (SSSR count).